The van der Waals surface area contributed by atoms with E-state index in [1.165, 1.54) is 12.1 Å². The lowest BCUT2D eigenvalue weighted by molar-refractivity contribution is 0.0670. The SMILES string of the molecule is O=C(NCC1CCOCC1)Nc1ccc(C(=O)O)cc1F. The second-order valence-corrected chi connectivity index (χ2v) is 4.89. The largest absolute Gasteiger partial charge is 0.478 e. The van der Waals surface area contributed by atoms with Crippen LogP contribution in [-0.4, -0.2) is 36.9 Å². The summed E-state index contributed by atoms with van der Waals surface area (Å²) in [5.74, 6) is -1.63. The monoisotopic (exact) mass is 296 g/mol. The van der Waals surface area contributed by atoms with Crippen LogP contribution in [0.2, 0.25) is 0 Å². The molecule has 0 unspecified atom stereocenters. The molecule has 0 aromatic heterocycles. The Morgan fingerprint density at radius 3 is 2.67 bits per heavy atom. The Bertz CT molecular complexity index is 530. The van der Waals surface area contributed by atoms with E-state index in [4.69, 9.17) is 9.84 Å². The van der Waals surface area contributed by atoms with E-state index >= 15 is 0 Å². The highest BCUT2D eigenvalue weighted by molar-refractivity contribution is 5.91. The van der Waals surface area contributed by atoms with Crippen LogP contribution in [0, 0.1) is 11.7 Å². The normalized spacial score (nSPS) is 15.5. The summed E-state index contributed by atoms with van der Waals surface area (Å²) in [5, 5.41) is 13.8. The third-order valence-corrected chi connectivity index (χ3v) is 3.36. The number of carbonyl (C=O) groups excluding carboxylic acids is 1. The highest BCUT2D eigenvalue weighted by Gasteiger charge is 2.15. The van der Waals surface area contributed by atoms with E-state index < -0.39 is 17.8 Å². The van der Waals surface area contributed by atoms with Crippen molar-refractivity contribution in [3.8, 4) is 0 Å². The highest BCUT2D eigenvalue weighted by Crippen LogP contribution is 2.16. The Morgan fingerprint density at radius 2 is 2.05 bits per heavy atom. The van der Waals surface area contributed by atoms with Crippen molar-refractivity contribution in [2.75, 3.05) is 25.1 Å². The molecular weight excluding hydrogens is 279 g/mol. The minimum atomic E-state index is -1.22. The molecule has 6 nitrogen and oxygen atoms in total. The predicted octanol–water partition coefficient (Wildman–Crippen LogP) is 2.07. The van der Waals surface area contributed by atoms with Gasteiger partial charge in [-0.25, -0.2) is 14.0 Å². The summed E-state index contributed by atoms with van der Waals surface area (Å²) in [6.45, 7) is 1.89. The summed E-state index contributed by atoms with van der Waals surface area (Å²) in [7, 11) is 0. The topological polar surface area (TPSA) is 87.7 Å². The number of carboxylic acid groups (broad SMARTS) is 1. The van der Waals surface area contributed by atoms with E-state index in [0.717, 1.165) is 18.9 Å². The van der Waals surface area contributed by atoms with Crippen molar-refractivity contribution in [1.82, 2.24) is 5.32 Å². The summed E-state index contributed by atoms with van der Waals surface area (Å²) in [6.07, 6.45) is 1.78. The molecule has 1 heterocycles. The van der Waals surface area contributed by atoms with Crippen LogP contribution in [0.1, 0.15) is 23.2 Å². The van der Waals surface area contributed by atoms with Crippen molar-refractivity contribution in [3.63, 3.8) is 0 Å². The quantitative estimate of drug-likeness (QED) is 0.793. The Hall–Kier alpha value is -2.15. The van der Waals surface area contributed by atoms with Gasteiger partial charge in [-0.15, -0.1) is 0 Å². The van der Waals surface area contributed by atoms with Gasteiger partial charge in [0.25, 0.3) is 0 Å². The van der Waals surface area contributed by atoms with Crippen LogP contribution < -0.4 is 10.6 Å². The first-order valence-corrected chi connectivity index (χ1v) is 6.71. The Labute approximate surface area is 121 Å². The smallest absolute Gasteiger partial charge is 0.335 e. The molecule has 2 amide bonds. The van der Waals surface area contributed by atoms with Crippen molar-refractivity contribution in [1.29, 1.82) is 0 Å². The van der Waals surface area contributed by atoms with Gasteiger partial charge in [0.05, 0.1) is 11.3 Å². The number of hydrogen-bond donors (Lipinski definition) is 3. The average Bonchev–Trinajstić information content (AvgIpc) is 2.48. The zero-order valence-electron chi connectivity index (χ0n) is 11.4. The molecule has 0 radical (unpaired) electrons. The Balaban J connectivity index is 1.85. The van der Waals surface area contributed by atoms with E-state index in [9.17, 15) is 14.0 Å². The average molecular weight is 296 g/mol. The van der Waals surface area contributed by atoms with Crippen LogP contribution in [-0.2, 0) is 4.74 Å². The van der Waals surface area contributed by atoms with Gasteiger partial charge in [-0.2, -0.15) is 0 Å². The van der Waals surface area contributed by atoms with Crippen LogP contribution in [0.15, 0.2) is 18.2 Å². The Morgan fingerprint density at radius 1 is 1.33 bits per heavy atom. The minimum Gasteiger partial charge on any atom is -0.478 e. The summed E-state index contributed by atoms with van der Waals surface area (Å²) in [5.41, 5.74) is -0.217. The number of aromatic carboxylic acids is 1. The van der Waals surface area contributed by atoms with Gasteiger partial charge in [-0.1, -0.05) is 0 Å². The van der Waals surface area contributed by atoms with Gasteiger partial charge < -0.3 is 20.5 Å². The van der Waals surface area contributed by atoms with Crippen LogP contribution in [0.25, 0.3) is 0 Å². The molecule has 21 heavy (non-hydrogen) atoms. The summed E-state index contributed by atoms with van der Waals surface area (Å²) >= 11 is 0. The van der Waals surface area contributed by atoms with Gasteiger partial charge in [-0.3, -0.25) is 0 Å². The van der Waals surface area contributed by atoms with Crippen molar-refractivity contribution in [2.45, 2.75) is 12.8 Å². The van der Waals surface area contributed by atoms with Crippen LogP contribution >= 0.6 is 0 Å². The van der Waals surface area contributed by atoms with Crippen molar-refractivity contribution in [2.24, 2.45) is 5.92 Å². The number of carboxylic acids is 1. The molecule has 0 bridgehead atoms. The molecule has 2 rings (SSSR count). The second kappa shape index (κ2) is 7.03. The van der Waals surface area contributed by atoms with Crippen molar-refractivity contribution >= 4 is 17.7 Å². The number of carbonyl (C=O) groups is 2. The number of ether oxygens (including phenoxy) is 1. The first-order valence-electron chi connectivity index (χ1n) is 6.71. The lowest BCUT2D eigenvalue weighted by Gasteiger charge is -2.22. The molecule has 0 saturated carbocycles. The fourth-order valence-electron chi connectivity index (χ4n) is 2.10. The molecule has 0 aliphatic carbocycles. The first-order chi connectivity index (χ1) is 10.1. The highest BCUT2D eigenvalue weighted by atomic mass is 19.1. The molecule has 1 fully saturated rings. The van der Waals surface area contributed by atoms with E-state index in [-0.39, 0.29) is 11.3 Å². The van der Waals surface area contributed by atoms with Crippen LogP contribution in [0.5, 0.6) is 0 Å². The zero-order chi connectivity index (χ0) is 15.2. The minimum absolute atomic E-state index is 0.0514. The number of urea groups is 1. The van der Waals surface area contributed by atoms with Gasteiger partial charge in [0.1, 0.15) is 5.82 Å². The molecule has 114 valence electrons. The van der Waals surface area contributed by atoms with Gasteiger partial charge in [0, 0.05) is 19.8 Å². The number of benzene rings is 1. The molecule has 1 aromatic rings. The molecule has 0 atom stereocenters. The number of hydrogen-bond acceptors (Lipinski definition) is 3. The van der Waals surface area contributed by atoms with E-state index in [2.05, 4.69) is 10.6 Å². The van der Waals surface area contributed by atoms with E-state index in [1.807, 2.05) is 0 Å². The molecular formula is C14H17FN2O4. The summed E-state index contributed by atoms with van der Waals surface area (Å²) < 4.78 is 18.9. The van der Waals surface area contributed by atoms with Crippen molar-refractivity contribution < 1.29 is 23.8 Å². The maximum absolute atomic E-state index is 13.6. The molecule has 1 aliphatic heterocycles. The zero-order valence-corrected chi connectivity index (χ0v) is 11.4. The molecule has 1 aromatic carbocycles. The lowest BCUT2D eigenvalue weighted by Crippen LogP contribution is -2.35. The maximum Gasteiger partial charge on any atom is 0.335 e. The molecule has 7 heteroatoms. The number of anilines is 1. The number of rotatable bonds is 4. The third-order valence-electron chi connectivity index (χ3n) is 3.36. The summed E-state index contributed by atoms with van der Waals surface area (Å²) in [6, 6.07) is 2.83. The Kier molecular flexibility index (Phi) is 5.10. The number of nitrogens with one attached hydrogen (secondary N) is 2. The van der Waals surface area contributed by atoms with Gasteiger partial charge in [0.2, 0.25) is 0 Å². The molecule has 0 spiro atoms. The van der Waals surface area contributed by atoms with Crippen molar-refractivity contribution in [3.05, 3.63) is 29.6 Å². The van der Waals surface area contributed by atoms with Crippen LogP contribution in [0.3, 0.4) is 0 Å². The molecule has 1 saturated heterocycles. The first kappa shape index (κ1) is 15.2. The van der Waals surface area contributed by atoms with E-state index in [0.29, 0.717) is 25.7 Å². The summed E-state index contributed by atoms with van der Waals surface area (Å²) in [4.78, 5) is 22.4. The lowest BCUT2D eigenvalue weighted by atomic mass is 10.0. The van der Waals surface area contributed by atoms with Crippen LogP contribution in [0.4, 0.5) is 14.9 Å². The number of halogens is 1. The van der Waals surface area contributed by atoms with Gasteiger partial charge >= 0.3 is 12.0 Å². The maximum atomic E-state index is 13.6. The molecule has 1 aliphatic rings. The van der Waals surface area contributed by atoms with Gasteiger partial charge in [0.15, 0.2) is 0 Å². The fraction of sp³-hybridized carbons (Fsp3) is 0.429. The predicted molar refractivity (Wildman–Crippen MR) is 73.9 cm³/mol. The fourth-order valence-corrected chi connectivity index (χ4v) is 2.10. The number of amides is 2. The molecule has 3 N–H and O–H groups in total. The third kappa shape index (κ3) is 4.42. The van der Waals surface area contributed by atoms with Gasteiger partial charge in [-0.05, 0) is 37.0 Å². The second-order valence-electron chi connectivity index (χ2n) is 4.89. The standard InChI is InChI=1S/C14H17FN2O4/c15-11-7-10(13(18)19)1-2-12(11)17-14(20)16-8-9-3-5-21-6-4-9/h1-2,7,9H,3-6,8H2,(H,18,19)(H2,16,17,20). The van der Waals surface area contributed by atoms with E-state index in [1.54, 1.807) is 0 Å².